The normalized spacial score (nSPS) is 17.4. The number of carboxylic acid groups (broad SMARTS) is 1. The molecule has 1 aromatic rings. The summed E-state index contributed by atoms with van der Waals surface area (Å²) in [5, 5.41) is 18.6. The highest BCUT2D eigenvalue weighted by molar-refractivity contribution is 7.88. The van der Waals surface area contributed by atoms with Gasteiger partial charge in [0.2, 0.25) is 11.8 Å². The predicted octanol–water partition coefficient (Wildman–Crippen LogP) is 1.68. The number of carbonyl (C=O) groups excluding carboxylic acids is 2. The van der Waals surface area contributed by atoms with Crippen LogP contribution in [0.1, 0.15) is 35.7 Å². The van der Waals surface area contributed by atoms with Crippen molar-refractivity contribution in [3.05, 3.63) is 29.3 Å². The maximum absolute atomic E-state index is 12.1. The summed E-state index contributed by atoms with van der Waals surface area (Å²) >= 11 is 0. The number of rotatable bonds is 6. The van der Waals surface area contributed by atoms with Crippen LogP contribution in [-0.2, 0) is 20.3 Å². The van der Waals surface area contributed by atoms with Crippen molar-refractivity contribution in [1.29, 1.82) is 0 Å². The van der Waals surface area contributed by atoms with E-state index in [0.29, 0.717) is 23.8 Å². The van der Waals surface area contributed by atoms with Gasteiger partial charge in [0.05, 0.1) is 22.9 Å². The number of carboxylic acids is 1. The molecule has 1 aromatic carbocycles. The van der Waals surface area contributed by atoms with E-state index in [0.717, 1.165) is 5.56 Å². The van der Waals surface area contributed by atoms with Crippen LogP contribution >= 0.6 is 0 Å². The molecule has 0 aromatic heterocycles. The lowest BCUT2D eigenvalue weighted by Gasteiger charge is -2.09. The second-order valence-corrected chi connectivity index (χ2v) is 7.34. The zero-order valence-electron chi connectivity index (χ0n) is 14.0. The Morgan fingerprint density at radius 1 is 1.36 bits per heavy atom. The van der Waals surface area contributed by atoms with Gasteiger partial charge in [-0.05, 0) is 48.7 Å². The molecule has 2 amide bonds. The Bertz CT molecular complexity index is 773. The van der Waals surface area contributed by atoms with Crippen LogP contribution in [0.25, 0.3) is 0 Å². The molecular weight excluding hydrogens is 344 g/mol. The molecule has 1 fully saturated rings. The maximum atomic E-state index is 12.1. The highest BCUT2D eigenvalue weighted by Gasteiger charge is 2.14. The van der Waals surface area contributed by atoms with E-state index in [9.17, 15) is 14.4 Å². The first kappa shape index (κ1) is 18.8. The van der Waals surface area contributed by atoms with Gasteiger partial charge in [0.25, 0.3) is 0 Å². The molecule has 25 heavy (non-hydrogen) atoms. The number of carbonyl (C=O) groups is 3. The Morgan fingerprint density at radius 3 is 2.76 bits per heavy atom. The average molecular weight is 364 g/mol. The van der Waals surface area contributed by atoms with E-state index < -0.39 is 16.7 Å². The number of aromatic carboxylic acids is 1. The molecule has 1 aliphatic rings. The Kier molecular flexibility index (Phi) is 6.40. The lowest BCUT2D eigenvalue weighted by Crippen LogP contribution is -2.15. The minimum Gasteiger partial charge on any atom is -0.478 e. The number of aryl methyl sites for hydroxylation is 1. The van der Waals surface area contributed by atoms with E-state index >= 15 is 0 Å². The standard InChI is InChI=1S/C16H20N4O4S/c1-10-3-5-12(16(23)24)13(7-10)18-14(21)6-4-11(2)19-20-25-8-15(22)17-9-25/h3,5,7H,4,6,8-9H2,1-2H3,(H,17,22)(H,18,21)(H,23,24)/b19-11+. The van der Waals surface area contributed by atoms with Gasteiger partial charge in [-0.2, -0.15) is 5.10 Å². The zero-order chi connectivity index (χ0) is 18.4. The second kappa shape index (κ2) is 8.52. The smallest absolute Gasteiger partial charge is 0.337 e. The maximum Gasteiger partial charge on any atom is 0.337 e. The highest BCUT2D eigenvalue weighted by Crippen LogP contribution is 2.18. The number of anilines is 1. The van der Waals surface area contributed by atoms with Crippen LogP contribution < -0.4 is 10.6 Å². The molecule has 0 aliphatic carbocycles. The lowest BCUT2D eigenvalue weighted by molar-refractivity contribution is -0.118. The number of hydrogen-bond donors (Lipinski definition) is 3. The second-order valence-electron chi connectivity index (χ2n) is 5.67. The molecule has 1 unspecified atom stereocenters. The van der Waals surface area contributed by atoms with Gasteiger partial charge in [0, 0.05) is 12.1 Å². The highest BCUT2D eigenvalue weighted by atomic mass is 32.2. The van der Waals surface area contributed by atoms with Crippen LogP contribution in [0, 0.1) is 6.92 Å². The van der Waals surface area contributed by atoms with Crippen LogP contribution in [0.2, 0.25) is 0 Å². The zero-order valence-corrected chi connectivity index (χ0v) is 14.9. The summed E-state index contributed by atoms with van der Waals surface area (Å²) in [6, 6.07) is 4.78. The van der Waals surface area contributed by atoms with E-state index in [1.807, 2.05) is 6.92 Å². The molecule has 1 heterocycles. The first-order valence-electron chi connectivity index (χ1n) is 7.67. The fraction of sp³-hybridized carbons (Fsp3) is 0.375. The predicted molar refractivity (Wildman–Crippen MR) is 96.8 cm³/mol. The molecule has 1 saturated heterocycles. The summed E-state index contributed by atoms with van der Waals surface area (Å²) in [5.41, 5.74) is 1.88. The summed E-state index contributed by atoms with van der Waals surface area (Å²) < 4.78 is 4.11. The summed E-state index contributed by atoms with van der Waals surface area (Å²) in [7, 11) is -0.424. The van der Waals surface area contributed by atoms with Gasteiger partial charge in [0.1, 0.15) is 0 Å². The monoisotopic (exact) mass is 364 g/mol. The first-order chi connectivity index (χ1) is 11.8. The van der Waals surface area contributed by atoms with Crippen molar-refractivity contribution in [2.45, 2.75) is 26.7 Å². The average Bonchev–Trinajstić information content (AvgIpc) is 2.96. The van der Waals surface area contributed by atoms with Gasteiger partial charge in [-0.15, -0.1) is 4.47 Å². The molecular formula is C16H20N4O4S. The minimum atomic E-state index is -1.09. The van der Waals surface area contributed by atoms with E-state index in [1.54, 1.807) is 19.1 Å². The SMILES string of the molecule is C/C(CCC(=O)Nc1cc(C)ccc1C(=O)O)=N\N=S1/CNC(=O)C1. The van der Waals surface area contributed by atoms with Gasteiger partial charge in [-0.25, -0.2) is 4.79 Å². The Labute approximate surface area is 147 Å². The van der Waals surface area contributed by atoms with Crippen LogP contribution in [-0.4, -0.2) is 40.2 Å². The molecule has 0 bridgehead atoms. The number of hydrogen-bond acceptors (Lipinski definition) is 4. The van der Waals surface area contributed by atoms with Crippen LogP contribution in [0.4, 0.5) is 5.69 Å². The first-order valence-corrected chi connectivity index (χ1v) is 9.19. The summed E-state index contributed by atoms with van der Waals surface area (Å²) in [6.07, 6.45) is 0.574. The number of amides is 2. The third-order valence-electron chi connectivity index (χ3n) is 3.45. The topological polar surface area (TPSA) is 120 Å². The lowest BCUT2D eigenvalue weighted by atomic mass is 10.1. The van der Waals surface area contributed by atoms with E-state index in [2.05, 4.69) is 20.2 Å². The van der Waals surface area contributed by atoms with Crippen molar-refractivity contribution in [2.75, 3.05) is 16.9 Å². The van der Waals surface area contributed by atoms with Crippen LogP contribution in [0.5, 0.6) is 0 Å². The number of benzene rings is 1. The molecule has 1 atom stereocenters. The van der Waals surface area contributed by atoms with Crippen molar-refractivity contribution in [1.82, 2.24) is 5.32 Å². The van der Waals surface area contributed by atoms with Crippen molar-refractivity contribution >= 4 is 39.9 Å². The van der Waals surface area contributed by atoms with Crippen LogP contribution in [0.15, 0.2) is 27.8 Å². The number of nitrogens with one attached hydrogen (secondary N) is 2. The summed E-state index contributed by atoms with van der Waals surface area (Å²) in [4.78, 5) is 34.3. The molecule has 2 rings (SSSR count). The minimum absolute atomic E-state index is 0.0216. The number of nitrogens with zero attached hydrogens (tertiary/aromatic N) is 2. The Balaban J connectivity index is 1.91. The molecule has 1 aliphatic heterocycles. The molecule has 0 radical (unpaired) electrons. The van der Waals surface area contributed by atoms with Gasteiger partial charge in [0.15, 0.2) is 0 Å². The van der Waals surface area contributed by atoms with Gasteiger partial charge in [-0.1, -0.05) is 6.07 Å². The molecule has 9 heteroatoms. The molecule has 0 saturated carbocycles. The molecule has 3 N–H and O–H groups in total. The third-order valence-corrected chi connectivity index (χ3v) is 4.84. The Morgan fingerprint density at radius 2 is 2.12 bits per heavy atom. The van der Waals surface area contributed by atoms with E-state index in [1.165, 1.54) is 6.07 Å². The van der Waals surface area contributed by atoms with Gasteiger partial charge >= 0.3 is 5.97 Å². The largest absolute Gasteiger partial charge is 0.478 e. The quantitative estimate of drug-likeness (QED) is 0.525. The van der Waals surface area contributed by atoms with Crippen molar-refractivity contribution in [3.8, 4) is 0 Å². The fourth-order valence-corrected chi connectivity index (χ4v) is 3.31. The fourth-order valence-electron chi connectivity index (χ4n) is 2.11. The molecule has 0 spiro atoms. The van der Waals surface area contributed by atoms with Gasteiger partial charge < -0.3 is 15.7 Å². The van der Waals surface area contributed by atoms with Crippen molar-refractivity contribution in [3.63, 3.8) is 0 Å². The Hall–Kier alpha value is -2.55. The van der Waals surface area contributed by atoms with E-state index in [-0.39, 0.29) is 29.5 Å². The third kappa shape index (κ3) is 5.79. The summed E-state index contributed by atoms with van der Waals surface area (Å²) in [6.45, 7) is 3.59. The van der Waals surface area contributed by atoms with Gasteiger partial charge in [-0.3, -0.25) is 9.59 Å². The summed E-state index contributed by atoms with van der Waals surface area (Å²) in [5.74, 6) is -0.522. The molecule has 134 valence electrons. The van der Waals surface area contributed by atoms with Crippen LogP contribution in [0.3, 0.4) is 0 Å². The van der Waals surface area contributed by atoms with Crippen molar-refractivity contribution in [2.24, 2.45) is 9.57 Å². The van der Waals surface area contributed by atoms with Crippen molar-refractivity contribution < 1.29 is 19.5 Å². The van der Waals surface area contributed by atoms with E-state index in [4.69, 9.17) is 5.11 Å². The molecule has 8 nitrogen and oxygen atoms in total.